The number of hydrogen-bond donors (Lipinski definition) is 1. The van der Waals surface area contributed by atoms with Crippen LogP contribution < -0.4 is 5.32 Å². The molecule has 102 valence electrons. The first-order chi connectivity index (χ1) is 9.01. The van der Waals surface area contributed by atoms with Crippen molar-refractivity contribution in [3.63, 3.8) is 0 Å². The molecule has 0 aliphatic carbocycles. The smallest absolute Gasteiger partial charge is 0.341 e. The predicted molar refractivity (Wildman–Crippen MR) is 65.7 cm³/mol. The summed E-state index contributed by atoms with van der Waals surface area (Å²) in [6.07, 6.45) is 2.95. The molecule has 7 heteroatoms. The quantitative estimate of drug-likeness (QED) is 0.918. The average molecular weight is 287 g/mol. The lowest BCUT2D eigenvalue weighted by atomic mass is 10.3. The maximum Gasteiger partial charge on any atom is 0.341 e. The third-order valence-corrected chi connectivity index (χ3v) is 3.93. The van der Waals surface area contributed by atoms with Gasteiger partial charge in [0.25, 0.3) is 0 Å². The Morgan fingerprint density at radius 2 is 1.95 bits per heavy atom. The number of para-hydroxylation sites is 1. The monoisotopic (exact) mass is 287 g/mol. The molecule has 0 amide bonds. The molecule has 0 spiro atoms. The molecule has 1 heterocycles. The van der Waals surface area contributed by atoms with Crippen molar-refractivity contribution in [1.29, 1.82) is 0 Å². The summed E-state index contributed by atoms with van der Waals surface area (Å²) in [6, 6.07) is 7.26. The molecule has 0 fully saturated rings. The Balaban J connectivity index is 2.27. The molecule has 1 N–H and O–H groups in total. The lowest BCUT2D eigenvalue weighted by Gasteiger charge is -2.11. The van der Waals surface area contributed by atoms with Gasteiger partial charge in [-0.25, -0.2) is 8.42 Å². The maximum absolute atomic E-state index is 12.6. The van der Waals surface area contributed by atoms with E-state index in [1.165, 1.54) is 24.7 Å². The zero-order chi connectivity index (χ0) is 13.9. The molecule has 0 atom stereocenters. The Kier molecular flexibility index (Phi) is 3.84. The van der Waals surface area contributed by atoms with E-state index in [1.54, 1.807) is 12.1 Å². The zero-order valence-corrected chi connectivity index (χ0v) is 10.5. The van der Waals surface area contributed by atoms with Gasteiger partial charge in [-0.05, 0) is 18.2 Å². The number of furan rings is 1. The van der Waals surface area contributed by atoms with Crippen molar-refractivity contribution in [2.75, 3.05) is 5.32 Å². The fourth-order valence-electron chi connectivity index (χ4n) is 1.55. The van der Waals surface area contributed by atoms with E-state index in [1.807, 2.05) is 0 Å². The number of hydrogen-bond acceptors (Lipinski definition) is 4. The van der Waals surface area contributed by atoms with Crippen molar-refractivity contribution < 1.29 is 21.6 Å². The summed E-state index contributed by atoms with van der Waals surface area (Å²) < 4.78 is 53.0. The first-order valence-electron chi connectivity index (χ1n) is 5.38. The standard InChI is InChI=1S/C12H11F2NO3S/c13-12(14)19(16,17)11-4-2-1-3-10(11)15-7-9-5-6-18-8-9/h1-6,8,12,15H,7H2. The lowest BCUT2D eigenvalue weighted by molar-refractivity contribution is 0.235. The van der Waals surface area contributed by atoms with E-state index < -0.39 is 20.5 Å². The summed E-state index contributed by atoms with van der Waals surface area (Å²) in [5, 5.41) is 2.80. The molecular formula is C12H11F2NO3S. The van der Waals surface area contributed by atoms with Crippen LogP contribution in [0.4, 0.5) is 14.5 Å². The van der Waals surface area contributed by atoms with E-state index in [0.29, 0.717) is 0 Å². The van der Waals surface area contributed by atoms with E-state index in [0.717, 1.165) is 11.6 Å². The summed E-state index contributed by atoms with van der Waals surface area (Å²) in [7, 11) is -4.62. The molecule has 0 bridgehead atoms. The van der Waals surface area contributed by atoms with Crippen LogP contribution in [0.1, 0.15) is 5.56 Å². The highest BCUT2D eigenvalue weighted by Gasteiger charge is 2.28. The van der Waals surface area contributed by atoms with Crippen LogP contribution >= 0.6 is 0 Å². The van der Waals surface area contributed by atoms with Crippen LogP contribution in [0, 0.1) is 0 Å². The highest BCUT2D eigenvalue weighted by Crippen LogP contribution is 2.26. The van der Waals surface area contributed by atoms with E-state index in [-0.39, 0.29) is 12.2 Å². The third kappa shape index (κ3) is 2.93. The van der Waals surface area contributed by atoms with Gasteiger partial charge in [0, 0.05) is 12.1 Å². The second-order valence-electron chi connectivity index (χ2n) is 3.79. The van der Waals surface area contributed by atoms with E-state index in [4.69, 9.17) is 4.42 Å². The van der Waals surface area contributed by atoms with Crippen molar-refractivity contribution in [2.45, 2.75) is 17.2 Å². The maximum atomic E-state index is 12.6. The molecule has 2 aromatic rings. The number of rotatable bonds is 5. The SMILES string of the molecule is O=S(=O)(c1ccccc1NCc1ccoc1)C(F)F. The molecule has 0 aliphatic heterocycles. The Bertz CT molecular complexity index is 639. The van der Waals surface area contributed by atoms with Gasteiger partial charge in [-0.2, -0.15) is 8.78 Å². The highest BCUT2D eigenvalue weighted by atomic mass is 32.2. The predicted octanol–water partition coefficient (Wildman–Crippen LogP) is 2.89. The normalized spacial score (nSPS) is 11.7. The molecule has 2 rings (SSSR count). The molecule has 0 unspecified atom stereocenters. The van der Waals surface area contributed by atoms with Crippen LogP contribution in [-0.2, 0) is 16.4 Å². The lowest BCUT2D eigenvalue weighted by Crippen LogP contribution is -2.14. The molecule has 19 heavy (non-hydrogen) atoms. The Morgan fingerprint density at radius 3 is 2.58 bits per heavy atom. The minimum Gasteiger partial charge on any atom is -0.472 e. The molecule has 1 aromatic carbocycles. The summed E-state index contributed by atoms with van der Waals surface area (Å²) in [5.41, 5.74) is 0.924. The number of halogens is 2. The molecule has 4 nitrogen and oxygen atoms in total. The Hall–Kier alpha value is -1.89. The van der Waals surface area contributed by atoms with Crippen LogP contribution in [0.25, 0.3) is 0 Å². The van der Waals surface area contributed by atoms with Crippen molar-refractivity contribution >= 4 is 15.5 Å². The van der Waals surface area contributed by atoms with Gasteiger partial charge in [0.2, 0.25) is 9.84 Å². The van der Waals surface area contributed by atoms with Gasteiger partial charge in [0.15, 0.2) is 0 Å². The second kappa shape index (κ2) is 5.40. The topological polar surface area (TPSA) is 59.3 Å². The highest BCUT2D eigenvalue weighted by molar-refractivity contribution is 7.91. The summed E-state index contributed by atoms with van der Waals surface area (Å²) in [4.78, 5) is -0.409. The fourth-order valence-corrected chi connectivity index (χ4v) is 2.45. The third-order valence-electron chi connectivity index (χ3n) is 2.49. The van der Waals surface area contributed by atoms with Crippen molar-refractivity contribution in [2.24, 2.45) is 0 Å². The van der Waals surface area contributed by atoms with Gasteiger partial charge in [0.1, 0.15) is 0 Å². The largest absolute Gasteiger partial charge is 0.472 e. The number of nitrogens with one attached hydrogen (secondary N) is 1. The van der Waals surface area contributed by atoms with Crippen LogP contribution in [0.15, 0.2) is 52.2 Å². The van der Waals surface area contributed by atoms with Crippen molar-refractivity contribution in [3.8, 4) is 0 Å². The average Bonchev–Trinajstić information content (AvgIpc) is 2.89. The van der Waals surface area contributed by atoms with Gasteiger partial charge in [0.05, 0.1) is 23.1 Å². The van der Waals surface area contributed by atoms with Gasteiger partial charge in [-0.1, -0.05) is 12.1 Å². The Morgan fingerprint density at radius 1 is 1.21 bits per heavy atom. The van der Waals surface area contributed by atoms with Crippen LogP contribution in [0.3, 0.4) is 0 Å². The number of sulfone groups is 1. The minimum atomic E-state index is -4.62. The first kappa shape index (κ1) is 13.5. The molecule has 0 aliphatic rings. The van der Waals surface area contributed by atoms with Crippen LogP contribution in [0.2, 0.25) is 0 Å². The van der Waals surface area contributed by atoms with Crippen molar-refractivity contribution in [3.05, 3.63) is 48.4 Å². The molecular weight excluding hydrogens is 276 g/mol. The Labute approximate surface area is 109 Å². The van der Waals surface area contributed by atoms with E-state index >= 15 is 0 Å². The number of alkyl halides is 2. The second-order valence-corrected chi connectivity index (χ2v) is 5.67. The van der Waals surface area contributed by atoms with Gasteiger partial charge < -0.3 is 9.73 Å². The van der Waals surface area contributed by atoms with Crippen molar-refractivity contribution in [1.82, 2.24) is 0 Å². The van der Waals surface area contributed by atoms with Gasteiger partial charge >= 0.3 is 5.76 Å². The first-order valence-corrected chi connectivity index (χ1v) is 6.92. The zero-order valence-electron chi connectivity index (χ0n) is 9.71. The number of benzene rings is 1. The fraction of sp³-hybridized carbons (Fsp3) is 0.167. The molecule has 0 radical (unpaired) electrons. The van der Waals surface area contributed by atoms with E-state index in [2.05, 4.69) is 5.32 Å². The number of anilines is 1. The van der Waals surface area contributed by atoms with Crippen LogP contribution in [-0.4, -0.2) is 14.2 Å². The minimum absolute atomic E-state index is 0.143. The molecule has 0 saturated heterocycles. The van der Waals surface area contributed by atoms with E-state index in [9.17, 15) is 17.2 Å². The summed E-state index contributed by atoms with van der Waals surface area (Å²) in [5.74, 6) is -3.44. The summed E-state index contributed by atoms with van der Waals surface area (Å²) in [6.45, 7) is 0.284. The van der Waals surface area contributed by atoms with Gasteiger partial charge in [-0.3, -0.25) is 0 Å². The summed E-state index contributed by atoms with van der Waals surface area (Å²) >= 11 is 0. The van der Waals surface area contributed by atoms with Gasteiger partial charge in [-0.15, -0.1) is 0 Å². The molecule has 1 aromatic heterocycles. The van der Waals surface area contributed by atoms with Crippen LogP contribution in [0.5, 0.6) is 0 Å². The molecule has 0 saturated carbocycles.